The number of carbonyl (C=O) groups is 1. The van der Waals surface area contributed by atoms with Crippen LogP contribution in [0.3, 0.4) is 0 Å². The lowest BCUT2D eigenvalue weighted by Crippen LogP contribution is -2.37. The molecule has 0 radical (unpaired) electrons. The van der Waals surface area contributed by atoms with Crippen LogP contribution in [0.25, 0.3) is 0 Å². The summed E-state index contributed by atoms with van der Waals surface area (Å²) in [6.45, 7) is 5.33. The fourth-order valence-corrected chi connectivity index (χ4v) is 2.96. The highest BCUT2D eigenvalue weighted by atomic mass is 16.1. The second-order valence-electron chi connectivity index (χ2n) is 5.98. The highest BCUT2D eigenvalue weighted by molar-refractivity contribution is 5.95. The van der Waals surface area contributed by atoms with E-state index in [0.717, 1.165) is 17.9 Å². The maximum Gasteiger partial charge on any atom is 0.253 e. The summed E-state index contributed by atoms with van der Waals surface area (Å²) in [5, 5.41) is 6.53. The van der Waals surface area contributed by atoms with Gasteiger partial charge in [0.15, 0.2) is 0 Å². The van der Waals surface area contributed by atoms with Gasteiger partial charge in [0.05, 0.1) is 11.3 Å². The maximum atomic E-state index is 12.1. The number of amides is 1. The Hall–Kier alpha value is -1.42. The van der Waals surface area contributed by atoms with Gasteiger partial charge in [0.25, 0.3) is 5.91 Å². The standard InChI is InChI=1S/C17H27N3O/c1-13-9-10-16(14(2)20-13)17(21)19-12-11-18-15-7-5-3-4-6-8-15/h9-10,15,18H,3-8,11-12H2,1-2H3,(H,19,21). The highest BCUT2D eigenvalue weighted by Crippen LogP contribution is 2.16. The van der Waals surface area contributed by atoms with Gasteiger partial charge in [-0.1, -0.05) is 25.7 Å². The van der Waals surface area contributed by atoms with E-state index in [0.29, 0.717) is 18.2 Å². The quantitative estimate of drug-likeness (QED) is 0.647. The molecule has 0 bridgehead atoms. The molecule has 0 aromatic carbocycles. The van der Waals surface area contributed by atoms with Crippen molar-refractivity contribution in [2.45, 2.75) is 58.4 Å². The van der Waals surface area contributed by atoms with Gasteiger partial charge in [0, 0.05) is 24.8 Å². The third-order valence-electron chi connectivity index (χ3n) is 4.17. The van der Waals surface area contributed by atoms with E-state index >= 15 is 0 Å². The van der Waals surface area contributed by atoms with Crippen LogP contribution in [0.5, 0.6) is 0 Å². The Labute approximate surface area is 127 Å². The molecule has 1 saturated carbocycles. The molecule has 0 unspecified atom stereocenters. The molecule has 116 valence electrons. The van der Waals surface area contributed by atoms with Crippen molar-refractivity contribution in [1.29, 1.82) is 0 Å². The second kappa shape index (κ2) is 8.13. The molecule has 1 aromatic heterocycles. The van der Waals surface area contributed by atoms with Crippen LogP contribution in [-0.4, -0.2) is 30.0 Å². The van der Waals surface area contributed by atoms with Crippen LogP contribution in [0, 0.1) is 13.8 Å². The van der Waals surface area contributed by atoms with Crippen molar-refractivity contribution in [3.63, 3.8) is 0 Å². The van der Waals surface area contributed by atoms with Gasteiger partial charge < -0.3 is 10.6 Å². The third kappa shape index (κ3) is 5.12. The zero-order valence-corrected chi connectivity index (χ0v) is 13.2. The predicted octanol–water partition coefficient (Wildman–Crippen LogP) is 2.74. The normalized spacial score (nSPS) is 16.5. The summed E-state index contributed by atoms with van der Waals surface area (Å²) in [6.07, 6.45) is 7.95. The van der Waals surface area contributed by atoms with Crippen molar-refractivity contribution in [3.05, 3.63) is 29.1 Å². The molecule has 0 atom stereocenters. The van der Waals surface area contributed by atoms with Crippen LogP contribution in [0.4, 0.5) is 0 Å². The fourth-order valence-electron chi connectivity index (χ4n) is 2.96. The zero-order chi connectivity index (χ0) is 15.1. The van der Waals surface area contributed by atoms with E-state index in [-0.39, 0.29) is 5.91 Å². The summed E-state index contributed by atoms with van der Waals surface area (Å²) < 4.78 is 0. The minimum absolute atomic E-state index is 0.0253. The van der Waals surface area contributed by atoms with Gasteiger partial charge in [-0.3, -0.25) is 9.78 Å². The summed E-state index contributed by atoms with van der Waals surface area (Å²) in [4.78, 5) is 16.4. The van der Waals surface area contributed by atoms with Gasteiger partial charge in [0.1, 0.15) is 0 Å². The fraction of sp³-hybridized carbons (Fsp3) is 0.647. The smallest absolute Gasteiger partial charge is 0.253 e. The molecule has 4 heteroatoms. The van der Waals surface area contributed by atoms with Crippen molar-refractivity contribution in [3.8, 4) is 0 Å². The van der Waals surface area contributed by atoms with Crippen molar-refractivity contribution in [2.24, 2.45) is 0 Å². The summed E-state index contributed by atoms with van der Waals surface area (Å²) in [6, 6.07) is 4.37. The van der Waals surface area contributed by atoms with E-state index in [9.17, 15) is 4.79 Å². The lowest BCUT2D eigenvalue weighted by Gasteiger charge is -2.16. The zero-order valence-electron chi connectivity index (χ0n) is 13.2. The lowest BCUT2D eigenvalue weighted by atomic mass is 10.1. The Bertz CT molecular complexity index is 465. The maximum absolute atomic E-state index is 12.1. The number of nitrogens with zero attached hydrogens (tertiary/aromatic N) is 1. The van der Waals surface area contributed by atoms with E-state index in [4.69, 9.17) is 0 Å². The van der Waals surface area contributed by atoms with E-state index < -0.39 is 0 Å². The average molecular weight is 289 g/mol. The van der Waals surface area contributed by atoms with Crippen molar-refractivity contribution < 1.29 is 4.79 Å². The van der Waals surface area contributed by atoms with Crippen LogP contribution in [0.1, 0.15) is 60.3 Å². The number of aryl methyl sites for hydroxylation is 2. The lowest BCUT2D eigenvalue weighted by molar-refractivity contribution is 0.0952. The first kappa shape index (κ1) is 16.0. The first-order valence-corrected chi connectivity index (χ1v) is 8.12. The topological polar surface area (TPSA) is 54.0 Å². The van der Waals surface area contributed by atoms with Gasteiger partial charge >= 0.3 is 0 Å². The summed E-state index contributed by atoms with van der Waals surface area (Å²) in [5.41, 5.74) is 2.42. The molecule has 1 aromatic rings. The Morgan fingerprint density at radius 2 is 1.86 bits per heavy atom. The van der Waals surface area contributed by atoms with Crippen LogP contribution < -0.4 is 10.6 Å². The van der Waals surface area contributed by atoms with Gasteiger partial charge in [-0.15, -0.1) is 0 Å². The number of hydrogen-bond acceptors (Lipinski definition) is 3. The van der Waals surface area contributed by atoms with Crippen molar-refractivity contribution >= 4 is 5.91 Å². The molecule has 4 nitrogen and oxygen atoms in total. The Balaban J connectivity index is 1.71. The Morgan fingerprint density at radius 3 is 2.52 bits per heavy atom. The molecule has 2 N–H and O–H groups in total. The van der Waals surface area contributed by atoms with E-state index in [2.05, 4.69) is 15.6 Å². The summed E-state index contributed by atoms with van der Waals surface area (Å²) in [7, 11) is 0. The van der Waals surface area contributed by atoms with Crippen LogP contribution >= 0.6 is 0 Å². The van der Waals surface area contributed by atoms with Gasteiger partial charge in [-0.2, -0.15) is 0 Å². The first-order chi connectivity index (χ1) is 10.2. The molecule has 0 spiro atoms. The molecule has 21 heavy (non-hydrogen) atoms. The molecular weight excluding hydrogens is 262 g/mol. The van der Waals surface area contributed by atoms with Crippen LogP contribution in [0.2, 0.25) is 0 Å². The molecule has 1 heterocycles. The number of pyridine rings is 1. The Morgan fingerprint density at radius 1 is 1.14 bits per heavy atom. The molecule has 1 fully saturated rings. The molecular formula is C17H27N3O. The number of hydrogen-bond donors (Lipinski definition) is 2. The molecule has 1 aliphatic rings. The minimum atomic E-state index is -0.0253. The molecule has 1 aliphatic carbocycles. The predicted molar refractivity (Wildman–Crippen MR) is 85.5 cm³/mol. The van der Waals surface area contributed by atoms with Gasteiger partial charge in [0.2, 0.25) is 0 Å². The molecule has 2 rings (SSSR count). The molecule has 0 saturated heterocycles. The van der Waals surface area contributed by atoms with Crippen molar-refractivity contribution in [1.82, 2.24) is 15.6 Å². The number of rotatable bonds is 5. The van der Waals surface area contributed by atoms with Crippen molar-refractivity contribution in [2.75, 3.05) is 13.1 Å². The third-order valence-corrected chi connectivity index (χ3v) is 4.17. The Kier molecular flexibility index (Phi) is 6.18. The molecule has 1 amide bonds. The number of carbonyl (C=O) groups excluding carboxylic acids is 1. The summed E-state index contributed by atoms with van der Waals surface area (Å²) in [5.74, 6) is -0.0253. The number of aromatic nitrogens is 1. The second-order valence-corrected chi connectivity index (χ2v) is 5.98. The van der Waals surface area contributed by atoms with E-state index in [1.165, 1.54) is 38.5 Å². The number of nitrogens with one attached hydrogen (secondary N) is 2. The van der Waals surface area contributed by atoms with E-state index in [1.54, 1.807) is 0 Å². The largest absolute Gasteiger partial charge is 0.351 e. The van der Waals surface area contributed by atoms with Gasteiger partial charge in [-0.05, 0) is 38.8 Å². The summed E-state index contributed by atoms with van der Waals surface area (Å²) >= 11 is 0. The highest BCUT2D eigenvalue weighted by Gasteiger charge is 2.12. The minimum Gasteiger partial charge on any atom is -0.351 e. The average Bonchev–Trinajstić information content (AvgIpc) is 2.72. The SMILES string of the molecule is Cc1ccc(C(=O)NCCNC2CCCCCC2)c(C)n1. The van der Waals surface area contributed by atoms with E-state index in [1.807, 2.05) is 26.0 Å². The van der Waals surface area contributed by atoms with Crippen LogP contribution in [0.15, 0.2) is 12.1 Å². The molecule has 0 aliphatic heterocycles. The monoisotopic (exact) mass is 289 g/mol. The van der Waals surface area contributed by atoms with Crippen LogP contribution in [-0.2, 0) is 0 Å². The van der Waals surface area contributed by atoms with Gasteiger partial charge in [-0.25, -0.2) is 0 Å². The first-order valence-electron chi connectivity index (χ1n) is 8.12.